The quantitative estimate of drug-likeness (QED) is 0.0813. The molecule has 0 amide bonds. The van der Waals surface area contributed by atoms with E-state index in [1.165, 1.54) is 4.57 Å². The molecule has 10 atom stereocenters. The monoisotopic (exact) mass is 755 g/mol. The lowest BCUT2D eigenvalue weighted by Crippen LogP contribution is -2.36. The van der Waals surface area contributed by atoms with Crippen LogP contribution in [0.3, 0.4) is 0 Å². The largest absolute Gasteiger partial charge is 0.387 e. The van der Waals surface area contributed by atoms with E-state index in [4.69, 9.17) is 50.8 Å². The van der Waals surface area contributed by atoms with Gasteiger partial charge in [-0.25, -0.2) is 9.55 Å². The Morgan fingerprint density at radius 1 is 0.957 bits per heavy atom. The van der Waals surface area contributed by atoms with Crippen LogP contribution < -0.4 is 27.5 Å². The van der Waals surface area contributed by atoms with Crippen LogP contribution in [-0.4, -0.2) is 99.0 Å². The van der Waals surface area contributed by atoms with E-state index in [0.717, 1.165) is 10.9 Å². The van der Waals surface area contributed by atoms with Gasteiger partial charge in [0.2, 0.25) is 11.9 Å². The minimum absolute atomic E-state index is 0.0610. The fraction of sp³-hybridized carbons (Fsp3) is 0.500. The first-order valence-electron chi connectivity index (χ1n) is 13.2. The molecule has 3 aliphatic rings. The molecule has 2 unspecified atom stereocenters. The predicted molar refractivity (Wildman–Crippen MR) is 166 cm³/mol. The van der Waals surface area contributed by atoms with Crippen LogP contribution in [0.15, 0.2) is 20.7 Å². The number of aromatic amines is 2. The fourth-order valence-electron chi connectivity index (χ4n) is 5.39. The number of aliphatic hydroxyl groups excluding tert-OH is 2. The van der Waals surface area contributed by atoms with Gasteiger partial charge in [0.15, 0.2) is 29.3 Å². The van der Waals surface area contributed by atoms with E-state index in [2.05, 4.69) is 37.2 Å². The van der Waals surface area contributed by atoms with Crippen LogP contribution in [-0.2, 0) is 43.9 Å². The van der Waals surface area contributed by atoms with Crippen molar-refractivity contribution in [1.29, 1.82) is 0 Å². The molecule has 7 heterocycles. The minimum atomic E-state index is -4.43. The second-order valence-electron chi connectivity index (χ2n) is 10.4. The molecule has 0 spiro atoms. The van der Waals surface area contributed by atoms with Gasteiger partial charge in [0.1, 0.15) is 41.3 Å². The third-order valence-corrected chi connectivity index (χ3v) is 11.5. The zero-order valence-corrected chi connectivity index (χ0v) is 27.4. The van der Waals surface area contributed by atoms with Crippen molar-refractivity contribution in [2.45, 2.75) is 49.1 Å². The lowest BCUT2D eigenvalue weighted by Gasteiger charge is -2.27. The van der Waals surface area contributed by atoms with E-state index in [0.29, 0.717) is 11.3 Å². The zero-order valence-electron chi connectivity index (χ0n) is 23.1. The van der Waals surface area contributed by atoms with Crippen molar-refractivity contribution in [1.82, 2.24) is 34.1 Å². The molecule has 0 saturated carbocycles. The minimum Gasteiger partial charge on any atom is -0.387 e. The Morgan fingerprint density at radius 2 is 1.62 bits per heavy atom. The van der Waals surface area contributed by atoms with E-state index < -0.39 is 91.8 Å². The number of rotatable bonds is 2. The molecule has 254 valence electrons. The van der Waals surface area contributed by atoms with Crippen LogP contribution >= 0.6 is 37.1 Å². The molecule has 47 heavy (non-hydrogen) atoms. The first kappa shape index (κ1) is 32.9. The number of aromatic nitrogens is 7. The highest BCUT2D eigenvalue weighted by atomic mass is 32.7. The molecule has 9 N–H and O–H groups in total. The SMILES string of the molecule is Nc1nc2c(ncn2[C@@H]2O[C@@H]3COP(O)(=S)O[C@@H]4[C@H](O)[C@@H](COP(=O)(S)O[C@H]3[C@H]2O)O[C@H]4n2c(=O)sc3c(=O)[nH]c(N)nc32)c(=O)[nH]1. The van der Waals surface area contributed by atoms with Crippen molar-refractivity contribution in [3.63, 3.8) is 0 Å². The maximum atomic E-state index is 13.4. The summed E-state index contributed by atoms with van der Waals surface area (Å²) in [7, 11) is 0. The Balaban J connectivity index is 1.23. The van der Waals surface area contributed by atoms with Crippen LogP contribution in [0, 0.1) is 0 Å². The molecular formula is C20H23N9O13P2S3. The number of hydrogen-bond acceptors (Lipinski definition) is 19. The van der Waals surface area contributed by atoms with Gasteiger partial charge in [0, 0.05) is 0 Å². The summed E-state index contributed by atoms with van der Waals surface area (Å²) in [4.78, 5) is 64.7. The number of imidazole rings is 1. The molecule has 3 aliphatic heterocycles. The van der Waals surface area contributed by atoms with Gasteiger partial charge in [-0.3, -0.25) is 47.1 Å². The Morgan fingerprint density at radius 3 is 2.36 bits per heavy atom. The number of nitrogens with zero attached hydrogens (tertiary/aromatic N) is 5. The summed E-state index contributed by atoms with van der Waals surface area (Å²) in [5, 5.41) is 22.4. The topological polar surface area (TPSA) is 316 Å². The number of ether oxygens (including phenoxy) is 2. The Kier molecular flexibility index (Phi) is 8.24. The van der Waals surface area contributed by atoms with Gasteiger partial charge in [-0.2, -0.15) is 9.97 Å². The number of nitrogens with one attached hydrogen (secondary N) is 2. The summed E-state index contributed by atoms with van der Waals surface area (Å²) >= 11 is 9.72. The van der Waals surface area contributed by atoms with Gasteiger partial charge in [0.25, 0.3) is 11.1 Å². The average Bonchev–Trinajstić information content (AvgIpc) is 3.70. The molecule has 0 radical (unpaired) electrons. The molecular weight excluding hydrogens is 732 g/mol. The van der Waals surface area contributed by atoms with Crippen molar-refractivity contribution in [3.8, 4) is 0 Å². The van der Waals surface area contributed by atoms with Crippen molar-refractivity contribution in [3.05, 3.63) is 36.7 Å². The molecule has 3 fully saturated rings. The number of hydrogen-bond donors (Lipinski definition) is 8. The van der Waals surface area contributed by atoms with Crippen LogP contribution in [0.25, 0.3) is 21.5 Å². The zero-order chi connectivity index (χ0) is 33.6. The highest BCUT2D eigenvalue weighted by molar-refractivity contribution is 8.44. The third kappa shape index (κ3) is 5.88. The van der Waals surface area contributed by atoms with E-state index in [9.17, 15) is 34.1 Å². The second-order valence-corrected chi connectivity index (χ2v) is 17.0. The van der Waals surface area contributed by atoms with Crippen LogP contribution in [0.2, 0.25) is 0 Å². The molecule has 22 nitrogen and oxygen atoms in total. The molecule has 27 heteroatoms. The van der Waals surface area contributed by atoms with Gasteiger partial charge >= 0.3 is 18.4 Å². The van der Waals surface area contributed by atoms with Gasteiger partial charge in [0.05, 0.1) is 19.5 Å². The standard InChI is InChI=1S/C20H23N9O13P2S3/c21-18-24-12-6(14(32)26-18)23-3-28(12)16-8(31)9-5(40-16)2-38-44(36,46)42-10-7(30)4(1-37-43(35,45)41-9)39-17(10)29-13-11(47-20(29)34)15(33)27-19(22)25-13/h3-5,7-10,16-17,30-31H,1-2H2,(H,35,45)(H,36,46)(H3,21,24,26,32)(H3,22,25,27,33)/t4-,5-,7-,8-,9-,10-,16-,17-,43?,44?/m1/s1. The number of fused-ring (bicyclic) bond motifs is 5. The van der Waals surface area contributed by atoms with Gasteiger partial charge in [-0.05, 0) is 11.8 Å². The van der Waals surface area contributed by atoms with Crippen LogP contribution in [0.5, 0.6) is 0 Å². The van der Waals surface area contributed by atoms with E-state index in [-0.39, 0.29) is 33.4 Å². The fourth-order valence-corrected chi connectivity index (χ4v) is 9.14. The number of thiol groups is 1. The smallest absolute Gasteiger partial charge is 0.386 e. The summed E-state index contributed by atoms with van der Waals surface area (Å²) in [6, 6.07) is 0. The van der Waals surface area contributed by atoms with Gasteiger partial charge in [-0.15, -0.1) is 0 Å². The predicted octanol–water partition coefficient (Wildman–Crippen LogP) is -1.97. The second kappa shape index (κ2) is 11.8. The van der Waals surface area contributed by atoms with Gasteiger partial charge in [-0.1, -0.05) is 23.6 Å². The summed E-state index contributed by atoms with van der Waals surface area (Å²) in [5.74, 6) is -0.566. The first-order chi connectivity index (χ1) is 22.1. The van der Waals surface area contributed by atoms with E-state index >= 15 is 0 Å². The molecule has 7 rings (SSSR count). The Bertz CT molecular complexity index is 2170. The number of nitrogens with two attached hydrogens (primary N) is 2. The van der Waals surface area contributed by atoms with Crippen molar-refractivity contribution in [2.75, 3.05) is 24.7 Å². The highest BCUT2D eigenvalue weighted by Gasteiger charge is 2.53. The third-order valence-electron chi connectivity index (χ3n) is 7.41. The number of thiazole rings is 1. The first-order valence-corrected chi connectivity index (χ1v) is 19.3. The molecule has 3 saturated heterocycles. The highest BCUT2D eigenvalue weighted by Crippen LogP contribution is 2.58. The Labute approximate surface area is 273 Å². The average molecular weight is 756 g/mol. The van der Waals surface area contributed by atoms with Crippen LogP contribution in [0.4, 0.5) is 11.9 Å². The van der Waals surface area contributed by atoms with Gasteiger partial charge < -0.3 is 40.6 Å². The molecule has 2 bridgehead atoms. The number of aliphatic hydroxyl groups is 2. The molecule has 4 aromatic heterocycles. The number of anilines is 2. The maximum absolute atomic E-state index is 13.4. The maximum Gasteiger partial charge on any atom is 0.386 e. The van der Waals surface area contributed by atoms with Crippen molar-refractivity contribution in [2.24, 2.45) is 0 Å². The summed E-state index contributed by atoms with van der Waals surface area (Å²) in [6.07, 6.45) is -11.1. The number of nitrogen functional groups attached to an aromatic ring is 2. The van der Waals surface area contributed by atoms with E-state index in [1.54, 1.807) is 0 Å². The van der Waals surface area contributed by atoms with Crippen molar-refractivity contribution < 1.29 is 47.2 Å². The normalized spacial score (nSPS) is 36.6. The summed E-state index contributed by atoms with van der Waals surface area (Å²) in [6.45, 7) is -10.1. The Hall–Kier alpha value is -2.61. The number of H-pyrrole nitrogens is 2. The van der Waals surface area contributed by atoms with Crippen LogP contribution in [0.1, 0.15) is 12.5 Å². The lowest BCUT2D eigenvalue weighted by molar-refractivity contribution is -0.0598. The molecule has 4 aromatic rings. The summed E-state index contributed by atoms with van der Waals surface area (Å²) < 4.78 is 49.4. The molecule has 0 aliphatic carbocycles. The van der Waals surface area contributed by atoms with E-state index in [1.807, 2.05) is 0 Å². The lowest BCUT2D eigenvalue weighted by atomic mass is 10.1. The summed E-state index contributed by atoms with van der Waals surface area (Å²) in [5.41, 5.74) is 9.59. The molecule has 0 aromatic carbocycles. The van der Waals surface area contributed by atoms with Crippen molar-refractivity contribution >= 4 is 82.3 Å².